The van der Waals surface area contributed by atoms with Gasteiger partial charge in [0.25, 0.3) is 5.56 Å². The maximum absolute atomic E-state index is 13.2. The summed E-state index contributed by atoms with van der Waals surface area (Å²) in [5.74, 6) is 1.40. The van der Waals surface area contributed by atoms with Crippen molar-refractivity contribution in [3.8, 4) is 11.3 Å². The van der Waals surface area contributed by atoms with E-state index in [1.165, 1.54) is 6.42 Å². The fraction of sp³-hybridized carbons (Fsp3) is 0.524. The van der Waals surface area contributed by atoms with E-state index in [0.717, 1.165) is 37.9 Å². The molecule has 3 aromatic rings. The molecule has 1 aliphatic carbocycles. The van der Waals surface area contributed by atoms with Gasteiger partial charge >= 0.3 is 0 Å². The molecule has 3 aromatic heterocycles. The number of aromatic nitrogens is 5. The lowest BCUT2D eigenvalue weighted by molar-refractivity contribution is 0.192. The lowest BCUT2D eigenvalue weighted by atomic mass is 9.74. The summed E-state index contributed by atoms with van der Waals surface area (Å²) < 4.78 is 1.65. The Balaban J connectivity index is 1.48. The van der Waals surface area contributed by atoms with Crippen molar-refractivity contribution in [2.24, 2.45) is 24.1 Å². The minimum atomic E-state index is -0.0861. The van der Waals surface area contributed by atoms with Crippen molar-refractivity contribution in [3.05, 3.63) is 34.9 Å². The predicted molar refractivity (Wildman–Crippen MR) is 113 cm³/mol. The van der Waals surface area contributed by atoms with Crippen LogP contribution in [0.4, 0.5) is 5.95 Å². The average molecular weight is 393 g/mol. The molecule has 0 amide bonds. The Morgan fingerprint density at radius 3 is 2.62 bits per heavy atom. The molecular formula is C21H27N7O. The Hall–Kier alpha value is -2.74. The minimum absolute atomic E-state index is 0.0861. The van der Waals surface area contributed by atoms with Gasteiger partial charge in [0, 0.05) is 44.1 Å². The van der Waals surface area contributed by atoms with Crippen molar-refractivity contribution < 1.29 is 0 Å². The SMILES string of the molecule is C[C@H]1C[C@@H](N)C2(CCN(c3nc4[nH]nc(-c5ccncc5)c4c(=O)n3C)CC2)C1. The van der Waals surface area contributed by atoms with Crippen molar-refractivity contribution in [2.75, 3.05) is 18.0 Å². The van der Waals surface area contributed by atoms with Gasteiger partial charge in [-0.1, -0.05) is 6.92 Å². The second-order valence-electron chi connectivity index (χ2n) is 8.81. The van der Waals surface area contributed by atoms with Crippen LogP contribution >= 0.6 is 0 Å². The predicted octanol–water partition coefficient (Wildman–Crippen LogP) is 2.06. The molecule has 3 N–H and O–H groups in total. The number of piperidine rings is 1. The third-order valence-corrected chi connectivity index (χ3v) is 6.97. The molecule has 1 saturated heterocycles. The zero-order valence-electron chi connectivity index (χ0n) is 16.9. The van der Waals surface area contributed by atoms with Crippen LogP contribution in [0, 0.1) is 11.3 Å². The third-order valence-electron chi connectivity index (χ3n) is 6.97. The standard InChI is InChI=1S/C21H27N7O/c1-13-11-15(22)21(12-13)5-9-28(10-6-21)20-24-18-16(19(29)27(20)2)17(25-26-18)14-3-7-23-8-4-14/h3-4,7-8,13,15H,5-6,9-12,22H2,1-2H3,(H,25,26)/t13-,15+/m0/s1. The van der Waals surface area contributed by atoms with Crippen LogP contribution in [0.1, 0.15) is 32.6 Å². The Labute approximate surface area is 169 Å². The van der Waals surface area contributed by atoms with Gasteiger partial charge < -0.3 is 10.6 Å². The lowest BCUT2D eigenvalue weighted by Crippen LogP contribution is -2.48. The molecule has 2 aliphatic rings. The number of H-pyrrole nitrogens is 1. The Morgan fingerprint density at radius 2 is 1.97 bits per heavy atom. The highest BCUT2D eigenvalue weighted by Crippen LogP contribution is 2.48. The molecule has 152 valence electrons. The Morgan fingerprint density at radius 1 is 1.24 bits per heavy atom. The molecular weight excluding hydrogens is 366 g/mol. The molecule has 1 aliphatic heterocycles. The molecule has 8 heteroatoms. The third kappa shape index (κ3) is 2.85. The molecule has 0 unspecified atom stereocenters. The number of pyridine rings is 1. The first-order chi connectivity index (χ1) is 14.0. The summed E-state index contributed by atoms with van der Waals surface area (Å²) in [6.45, 7) is 4.05. The second kappa shape index (κ2) is 6.66. The van der Waals surface area contributed by atoms with Crippen molar-refractivity contribution >= 4 is 17.0 Å². The summed E-state index contributed by atoms with van der Waals surface area (Å²) in [4.78, 5) is 24.2. The van der Waals surface area contributed by atoms with E-state index in [1.807, 2.05) is 12.1 Å². The van der Waals surface area contributed by atoms with Crippen LogP contribution < -0.4 is 16.2 Å². The zero-order chi connectivity index (χ0) is 20.2. The number of hydrogen-bond donors (Lipinski definition) is 2. The Bertz CT molecular complexity index is 1100. The maximum atomic E-state index is 13.2. The molecule has 2 fully saturated rings. The van der Waals surface area contributed by atoms with E-state index in [-0.39, 0.29) is 17.0 Å². The molecule has 1 saturated carbocycles. The number of nitrogens with one attached hydrogen (secondary N) is 1. The fourth-order valence-corrected chi connectivity index (χ4v) is 5.39. The van der Waals surface area contributed by atoms with Gasteiger partial charge in [-0.15, -0.1) is 0 Å². The first-order valence-electron chi connectivity index (χ1n) is 10.3. The van der Waals surface area contributed by atoms with E-state index in [4.69, 9.17) is 10.7 Å². The lowest BCUT2D eigenvalue weighted by Gasteiger charge is -2.42. The van der Waals surface area contributed by atoms with Crippen molar-refractivity contribution in [3.63, 3.8) is 0 Å². The van der Waals surface area contributed by atoms with E-state index in [9.17, 15) is 4.79 Å². The highest BCUT2D eigenvalue weighted by atomic mass is 16.1. The van der Waals surface area contributed by atoms with Crippen LogP contribution in [0.3, 0.4) is 0 Å². The molecule has 5 rings (SSSR count). The normalized spacial score (nSPS) is 23.9. The van der Waals surface area contributed by atoms with Crippen LogP contribution in [0.2, 0.25) is 0 Å². The van der Waals surface area contributed by atoms with Crippen LogP contribution in [0.15, 0.2) is 29.3 Å². The van der Waals surface area contributed by atoms with Crippen molar-refractivity contribution in [2.45, 2.75) is 38.6 Å². The van der Waals surface area contributed by atoms with Gasteiger partial charge in [-0.3, -0.25) is 19.4 Å². The number of fused-ring (bicyclic) bond motifs is 1. The Kier molecular flexibility index (Phi) is 4.20. The number of aromatic amines is 1. The number of nitrogens with zero attached hydrogens (tertiary/aromatic N) is 5. The maximum Gasteiger partial charge on any atom is 0.266 e. The topological polar surface area (TPSA) is 106 Å². The van der Waals surface area contributed by atoms with Crippen LogP contribution in [-0.4, -0.2) is 43.9 Å². The zero-order valence-corrected chi connectivity index (χ0v) is 16.9. The van der Waals surface area contributed by atoms with Crippen LogP contribution in [0.25, 0.3) is 22.3 Å². The van der Waals surface area contributed by atoms with Gasteiger partial charge in [-0.2, -0.15) is 10.1 Å². The largest absolute Gasteiger partial charge is 0.342 e. The van der Waals surface area contributed by atoms with Gasteiger partial charge in [-0.25, -0.2) is 0 Å². The van der Waals surface area contributed by atoms with Gasteiger partial charge in [0.1, 0.15) is 11.1 Å². The monoisotopic (exact) mass is 393 g/mol. The smallest absolute Gasteiger partial charge is 0.266 e. The van der Waals surface area contributed by atoms with E-state index in [0.29, 0.717) is 28.6 Å². The molecule has 0 radical (unpaired) electrons. The molecule has 1 spiro atoms. The van der Waals surface area contributed by atoms with Gasteiger partial charge in [0.15, 0.2) is 5.65 Å². The van der Waals surface area contributed by atoms with Crippen molar-refractivity contribution in [1.82, 2.24) is 24.7 Å². The molecule has 8 nitrogen and oxygen atoms in total. The summed E-state index contributed by atoms with van der Waals surface area (Å²) >= 11 is 0. The van der Waals surface area contributed by atoms with Crippen LogP contribution in [-0.2, 0) is 7.05 Å². The van der Waals surface area contributed by atoms with E-state index >= 15 is 0 Å². The van der Waals surface area contributed by atoms with Gasteiger partial charge in [0.05, 0.1) is 0 Å². The van der Waals surface area contributed by atoms with Gasteiger partial charge in [0.2, 0.25) is 5.95 Å². The number of rotatable bonds is 2. The molecule has 4 heterocycles. The molecule has 0 aromatic carbocycles. The quantitative estimate of drug-likeness (QED) is 0.690. The molecule has 2 atom stereocenters. The van der Waals surface area contributed by atoms with Crippen LogP contribution in [0.5, 0.6) is 0 Å². The first kappa shape index (κ1) is 18.3. The highest BCUT2D eigenvalue weighted by molar-refractivity contribution is 5.90. The summed E-state index contributed by atoms with van der Waals surface area (Å²) in [5, 5.41) is 7.84. The van der Waals surface area contributed by atoms with E-state index in [1.54, 1.807) is 24.0 Å². The second-order valence-corrected chi connectivity index (χ2v) is 8.81. The summed E-state index contributed by atoms with van der Waals surface area (Å²) in [5.41, 5.74) is 8.66. The molecule has 29 heavy (non-hydrogen) atoms. The minimum Gasteiger partial charge on any atom is -0.342 e. The first-order valence-corrected chi connectivity index (χ1v) is 10.3. The molecule has 0 bridgehead atoms. The summed E-state index contributed by atoms with van der Waals surface area (Å²) in [6, 6.07) is 3.98. The summed E-state index contributed by atoms with van der Waals surface area (Å²) in [6.07, 6.45) is 7.83. The summed E-state index contributed by atoms with van der Waals surface area (Å²) in [7, 11) is 1.79. The van der Waals surface area contributed by atoms with E-state index < -0.39 is 0 Å². The van der Waals surface area contributed by atoms with E-state index in [2.05, 4.69) is 27.0 Å². The van der Waals surface area contributed by atoms with Crippen molar-refractivity contribution in [1.29, 1.82) is 0 Å². The fourth-order valence-electron chi connectivity index (χ4n) is 5.39. The number of hydrogen-bond acceptors (Lipinski definition) is 6. The highest BCUT2D eigenvalue weighted by Gasteiger charge is 2.46. The number of nitrogens with two attached hydrogens (primary N) is 1. The number of anilines is 1. The average Bonchev–Trinajstić information content (AvgIpc) is 3.27. The van der Waals surface area contributed by atoms with Gasteiger partial charge in [-0.05, 0) is 49.1 Å².